The van der Waals surface area contributed by atoms with Gasteiger partial charge in [0.15, 0.2) is 0 Å². The van der Waals surface area contributed by atoms with Gasteiger partial charge < -0.3 is 10.0 Å². The normalized spacial score (nSPS) is 18.8. The second-order valence-corrected chi connectivity index (χ2v) is 8.50. The molecular weight excluding hydrogens is 404 g/mol. The number of hydrogen-bond donors (Lipinski definition) is 2. The number of rotatable bonds is 5. The second kappa shape index (κ2) is 9.36. The number of aliphatic imine (C=N–C) groups is 1. The predicted octanol–water partition coefficient (Wildman–Crippen LogP) is 0.883. The number of quaternary nitrogens is 1. The third-order valence-electron chi connectivity index (χ3n) is 6.22. The number of nitrogens with zero attached hydrogens (tertiary/aromatic N) is 2. The summed E-state index contributed by atoms with van der Waals surface area (Å²) in [4.78, 5) is 33.0. The lowest BCUT2D eigenvalue weighted by molar-refractivity contribution is -0.918. The quantitative estimate of drug-likeness (QED) is 0.586. The summed E-state index contributed by atoms with van der Waals surface area (Å²) in [6, 6.07) is 15.8. The summed E-state index contributed by atoms with van der Waals surface area (Å²) in [7, 11) is 0. The van der Waals surface area contributed by atoms with Crippen LogP contribution < -0.4 is 21.3 Å². The van der Waals surface area contributed by atoms with Gasteiger partial charge in [-0.1, -0.05) is 36.4 Å². The standard InChI is InChI=1S/C25H28N4O3/c1-17-8-9-21(14-18(17)2)29-24(31)22(23(30)27-25(29)32)15-26-20-10-12-28(13-11-20)16-19-6-4-3-5-7-19/h3-9,14-15,20,31H,10-13,16H2,1-2H3,(H,27,30,32). The summed E-state index contributed by atoms with van der Waals surface area (Å²) in [6.45, 7) is 6.83. The number of aromatic amines is 1. The molecule has 3 aromatic rings. The minimum Gasteiger partial charge on any atom is -0.859 e. The molecule has 2 N–H and O–H groups in total. The van der Waals surface area contributed by atoms with Crippen LogP contribution in [0.3, 0.4) is 0 Å². The second-order valence-electron chi connectivity index (χ2n) is 8.50. The molecule has 32 heavy (non-hydrogen) atoms. The van der Waals surface area contributed by atoms with E-state index in [4.69, 9.17) is 0 Å². The van der Waals surface area contributed by atoms with E-state index < -0.39 is 17.1 Å². The SMILES string of the molecule is Cc1ccc(-n2c([O-])c(C=NC3CC[NH+](Cc4ccccc4)CC3)c(=O)[nH]c2=O)cc1C. The van der Waals surface area contributed by atoms with E-state index in [0.29, 0.717) is 5.69 Å². The molecule has 0 unspecified atom stereocenters. The van der Waals surface area contributed by atoms with Crippen LogP contribution in [0.4, 0.5) is 0 Å². The molecule has 0 aliphatic carbocycles. The summed E-state index contributed by atoms with van der Waals surface area (Å²) in [6.07, 6.45) is 3.13. The first-order valence-corrected chi connectivity index (χ1v) is 11.0. The van der Waals surface area contributed by atoms with Crippen molar-refractivity contribution < 1.29 is 10.0 Å². The van der Waals surface area contributed by atoms with Crippen molar-refractivity contribution in [3.63, 3.8) is 0 Å². The van der Waals surface area contributed by atoms with Crippen molar-refractivity contribution >= 4 is 6.21 Å². The Morgan fingerprint density at radius 1 is 1.09 bits per heavy atom. The van der Waals surface area contributed by atoms with E-state index in [9.17, 15) is 14.7 Å². The summed E-state index contributed by atoms with van der Waals surface area (Å²) < 4.78 is 1.00. The molecule has 2 heterocycles. The summed E-state index contributed by atoms with van der Waals surface area (Å²) in [5.74, 6) is -0.641. The van der Waals surface area contributed by atoms with Crippen LogP contribution in [-0.2, 0) is 6.54 Å². The van der Waals surface area contributed by atoms with Crippen LogP contribution in [0.5, 0.6) is 5.88 Å². The molecule has 166 valence electrons. The molecule has 1 aliphatic heterocycles. The van der Waals surface area contributed by atoms with Crippen LogP contribution in [0.25, 0.3) is 5.69 Å². The Balaban J connectivity index is 1.50. The monoisotopic (exact) mass is 432 g/mol. The van der Waals surface area contributed by atoms with Crippen molar-refractivity contribution in [3.05, 3.63) is 91.6 Å². The molecular formula is C25H28N4O3. The van der Waals surface area contributed by atoms with Crippen LogP contribution in [-0.4, -0.2) is 34.9 Å². The van der Waals surface area contributed by atoms with E-state index in [1.54, 1.807) is 12.1 Å². The number of nitrogens with one attached hydrogen (secondary N) is 2. The predicted molar refractivity (Wildman–Crippen MR) is 123 cm³/mol. The van der Waals surface area contributed by atoms with Gasteiger partial charge in [0.05, 0.1) is 24.7 Å². The first-order chi connectivity index (χ1) is 15.4. The lowest BCUT2D eigenvalue weighted by Crippen LogP contribution is -3.12. The number of H-pyrrole nitrogens is 1. The Bertz CT molecular complexity index is 1240. The maximum absolute atomic E-state index is 13.0. The number of likely N-dealkylation sites (tertiary alicyclic amines) is 1. The fraction of sp³-hybridized carbons (Fsp3) is 0.320. The smallest absolute Gasteiger partial charge is 0.332 e. The molecule has 0 amide bonds. The highest BCUT2D eigenvalue weighted by atomic mass is 16.3. The molecule has 2 aromatic carbocycles. The fourth-order valence-corrected chi connectivity index (χ4v) is 4.14. The highest BCUT2D eigenvalue weighted by molar-refractivity contribution is 5.82. The van der Waals surface area contributed by atoms with Crippen molar-refractivity contribution in [2.24, 2.45) is 4.99 Å². The van der Waals surface area contributed by atoms with Crippen molar-refractivity contribution in [3.8, 4) is 11.6 Å². The van der Waals surface area contributed by atoms with Gasteiger partial charge in [-0.3, -0.25) is 19.3 Å². The van der Waals surface area contributed by atoms with E-state index in [1.807, 2.05) is 26.0 Å². The van der Waals surface area contributed by atoms with E-state index >= 15 is 0 Å². The Labute approximate surface area is 186 Å². The molecule has 0 radical (unpaired) electrons. The highest BCUT2D eigenvalue weighted by Crippen LogP contribution is 2.17. The molecule has 1 aliphatic rings. The van der Waals surface area contributed by atoms with Gasteiger partial charge in [0.1, 0.15) is 6.54 Å². The van der Waals surface area contributed by atoms with E-state index in [-0.39, 0.29) is 11.6 Å². The summed E-state index contributed by atoms with van der Waals surface area (Å²) >= 11 is 0. The summed E-state index contributed by atoms with van der Waals surface area (Å²) in [5, 5.41) is 13.0. The van der Waals surface area contributed by atoms with Gasteiger partial charge in [0, 0.05) is 30.3 Å². The van der Waals surface area contributed by atoms with Crippen molar-refractivity contribution in [2.45, 2.75) is 39.3 Å². The van der Waals surface area contributed by atoms with Crippen molar-refractivity contribution in [1.29, 1.82) is 0 Å². The number of benzene rings is 2. The van der Waals surface area contributed by atoms with Crippen molar-refractivity contribution in [1.82, 2.24) is 9.55 Å². The molecule has 0 saturated carbocycles. The van der Waals surface area contributed by atoms with E-state index in [2.05, 4.69) is 34.2 Å². The van der Waals surface area contributed by atoms with Gasteiger partial charge in [-0.15, -0.1) is 0 Å². The van der Waals surface area contributed by atoms with Gasteiger partial charge in [-0.2, -0.15) is 0 Å². The maximum atomic E-state index is 13.0. The first-order valence-electron chi connectivity index (χ1n) is 11.0. The Morgan fingerprint density at radius 2 is 1.81 bits per heavy atom. The average molecular weight is 433 g/mol. The largest absolute Gasteiger partial charge is 0.859 e. The van der Waals surface area contributed by atoms with Gasteiger partial charge in [0.25, 0.3) is 5.56 Å². The van der Waals surface area contributed by atoms with Crippen LogP contribution in [0, 0.1) is 13.8 Å². The lowest BCUT2D eigenvalue weighted by atomic mass is 10.0. The first kappa shape index (κ1) is 21.8. The Kier molecular flexibility index (Phi) is 6.37. The minimum absolute atomic E-state index is 0.0651. The fourth-order valence-electron chi connectivity index (χ4n) is 4.14. The van der Waals surface area contributed by atoms with Crippen LogP contribution >= 0.6 is 0 Å². The van der Waals surface area contributed by atoms with Gasteiger partial charge in [-0.05, 0) is 43.0 Å². The number of aryl methyl sites for hydroxylation is 2. The zero-order chi connectivity index (χ0) is 22.7. The highest BCUT2D eigenvalue weighted by Gasteiger charge is 2.21. The molecule has 0 atom stereocenters. The molecule has 0 spiro atoms. The summed E-state index contributed by atoms with van der Waals surface area (Å²) in [5.41, 5.74) is 2.23. The van der Waals surface area contributed by atoms with Crippen molar-refractivity contribution in [2.75, 3.05) is 13.1 Å². The molecule has 7 heteroatoms. The van der Waals surface area contributed by atoms with Gasteiger partial charge in [0.2, 0.25) is 0 Å². The number of aromatic nitrogens is 2. The average Bonchev–Trinajstić information content (AvgIpc) is 2.77. The van der Waals surface area contributed by atoms with E-state index in [1.165, 1.54) is 16.7 Å². The molecule has 1 aromatic heterocycles. The Hall–Kier alpha value is -3.45. The molecule has 7 nitrogen and oxygen atoms in total. The molecule has 4 rings (SSSR count). The third-order valence-corrected chi connectivity index (χ3v) is 6.22. The van der Waals surface area contributed by atoms with Crippen LogP contribution in [0.1, 0.15) is 35.1 Å². The van der Waals surface area contributed by atoms with Crippen LogP contribution in [0.15, 0.2) is 63.1 Å². The molecule has 1 saturated heterocycles. The van der Waals surface area contributed by atoms with E-state index in [0.717, 1.165) is 48.2 Å². The topological polar surface area (TPSA) is 94.7 Å². The van der Waals surface area contributed by atoms with Gasteiger partial charge >= 0.3 is 5.69 Å². The minimum atomic E-state index is -0.738. The lowest BCUT2D eigenvalue weighted by Gasteiger charge is -2.27. The third kappa shape index (κ3) is 4.73. The zero-order valence-corrected chi connectivity index (χ0v) is 18.4. The number of piperidine rings is 1. The van der Waals surface area contributed by atoms with Gasteiger partial charge in [-0.25, -0.2) is 4.79 Å². The Morgan fingerprint density at radius 3 is 2.50 bits per heavy atom. The van der Waals surface area contributed by atoms with Crippen LogP contribution in [0.2, 0.25) is 0 Å². The molecule has 0 bridgehead atoms. The molecule has 1 fully saturated rings. The zero-order valence-electron chi connectivity index (χ0n) is 18.4. The number of hydrogen-bond acceptors (Lipinski definition) is 4. The maximum Gasteiger partial charge on any atom is 0.332 e.